The van der Waals surface area contributed by atoms with Crippen LogP contribution >= 0.6 is 36.6 Å². The number of fused-ring (bicyclic) bond motifs is 1. The third kappa shape index (κ3) is 2.69. The van der Waals surface area contributed by atoms with E-state index in [0.717, 1.165) is 28.3 Å². The molecule has 0 atom stereocenters. The number of hydrogen-bond acceptors (Lipinski definition) is 3. The van der Waals surface area contributed by atoms with E-state index in [9.17, 15) is 4.79 Å². The molecule has 21 heavy (non-hydrogen) atoms. The molecule has 1 aliphatic heterocycles. The van der Waals surface area contributed by atoms with Crippen molar-refractivity contribution < 1.29 is 4.79 Å². The highest BCUT2D eigenvalue weighted by Crippen LogP contribution is 2.39. The number of aromatic nitrogens is 2. The molecule has 0 bridgehead atoms. The van der Waals surface area contributed by atoms with Gasteiger partial charge in [0.2, 0.25) is 0 Å². The molecule has 3 rings (SSSR count). The van der Waals surface area contributed by atoms with Gasteiger partial charge in [-0.15, -0.1) is 25.0 Å². The quantitative estimate of drug-likeness (QED) is 0.822. The van der Waals surface area contributed by atoms with E-state index in [0.29, 0.717) is 17.1 Å². The van der Waals surface area contributed by atoms with Gasteiger partial charge in [0.1, 0.15) is 0 Å². The molecule has 7 heteroatoms. The summed E-state index contributed by atoms with van der Waals surface area (Å²) < 4.78 is 2.00. The second kappa shape index (κ2) is 6.13. The van der Waals surface area contributed by atoms with Gasteiger partial charge in [0.15, 0.2) is 0 Å². The fraction of sp³-hybridized carbons (Fsp3) is 0.143. The zero-order valence-electron chi connectivity index (χ0n) is 10.9. The first-order chi connectivity index (χ1) is 9.59. The lowest BCUT2D eigenvalue weighted by atomic mass is 10.1. The lowest BCUT2D eigenvalue weighted by Gasteiger charge is -2.16. The summed E-state index contributed by atoms with van der Waals surface area (Å²) >= 11 is 10.8. The van der Waals surface area contributed by atoms with E-state index in [1.54, 1.807) is 12.4 Å². The van der Waals surface area contributed by atoms with Crippen LogP contribution in [0.2, 0.25) is 5.02 Å². The lowest BCUT2D eigenvalue weighted by Crippen LogP contribution is -2.14. The van der Waals surface area contributed by atoms with Gasteiger partial charge in [-0.3, -0.25) is 9.78 Å². The largest absolute Gasteiger partial charge is 0.365 e. The molecule has 2 aromatic rings. The number of primary amides is 1. The molecule has 0 fully saturated rings. The van der Waals surface area contributed by atoms with Gasteiger partial charge in [-0.25, -0.2) is 0 Å². The molecular weight excluding hydrogens is 329 g/mol. The number of carbonyl (C=O) groups excluding carboxylic acids is 1. The summed E-state index contributed by atoms with van der Waals surface area (Å²) in [6, 6.07) is 3.74. The molecular formula is C14H13Cl2N3OS. The van der Waals surface area contributed by atoms with Crippen molar-refractivity contribution in [2.45, 2.75) is 13.0 Å². The summed E-state index contributed by atoms with van der Waals surface area (Å²) in [5.74, 6) is -0.534. The Labute approximate surface area is 138 Å². The molecule has 0 unspecified atom stereocenters. The van der Waals surface area contributed by atoms with E-state index in [1.807, 2.05) is 22.8 Å². The number of pyridine rings is 1. The molecule has 2 N–H and O–H groups in total. The molecule has 3 heterocycles. The molecule has 1 amide bonds. The number of rotatable bonds is 2. The standard InChI is InChI=1S/C14H12ClN3OS.ClH/c15-12-11(14(16)19)10-6-9(20)3-5-18(10)13(12)8-2-1-4-17-7-8;/h1-2,4,6-7,20H,3,5H2,(H2,16,19);1H. The molecule has 110 valence electrons. The van der Waals surface area contributed by atoms with Crippen LogP contribution < -0.4 is 5.73 Å². The van der Waals surface area contributed by atoms with E-state index in [2.05, 4.69) is 17.6 Å². The fourth-order valence-corrected chi connectivity index (χ4v) is 3.09. The number of nitrogens with two attached hydrogens (primary N) is 1. The first-order valence-electron chi connectivity index (χ1n) is 6.11. The van der Waals surface area contributed by atoms with Crippen molar-refractivity contribution in [2.24, 2.45) is 5.73 Å². The highest BCUT2D eigenvalue weighted by atomic mass is 35.5. The molecule has 0 aromatic carbocycles. The van der Waals surface area contributed by atoms with Crippen LogP contribution in [-0.4, -0.2) is 15.5 Å². The van der Waals surface area contributed by atoms with Crippen molar-refractivity contribution in [2.75, 3.05) is 0 Å². The van der Waals surface area contributed by atoms with Crippen LogP contribution in [0, 0.1) is 0 Å². The van der Waals surface area contributed by atoms with Gasteiger partial charge >= 0.3 is 0 Å². The zero-order valence-corrected chi connectivity index (χ0v) is 13.4. The summed E-state index contributed by atoms with van der Waals surface area (Å²) in [7, 11) is 0. The topological polar surface area (TPSA) is 60.9 Å². The lowest BCUT2D eigenvalue weighted by molar-refractivity contribution is 0.1000. The van der Waals surface area contributed by atoms with Crippen LogP contribution in [-0.2, 0) is 6.54 Å². The molecule has 4 nitrogen and oxygen atoms in total. The van der Waals surface area contributed by atoms with E-state index in [1.165, 1.54) is 0 Å². The van der Waals surface area contributed by atoms with Crippen molar-refractivity contribution >= 4 is 48.6 Å². The average molecular weight is 342 g/mol. The van der Waals surface area contributed by atoms with Crippen molar-refractivity contribution in [3.8, 4) is 11.3 Å². The van der Waals surface area contributed by atoms with Gasteiger partial charge in [0.05, 0.1) is 22.0 Å². The Balaban J connectivity index is 0.00000161. The molecule has 0 saturated carbocycles. The van der Waals surface area contributed by atoms with Gasteiger partial charge in [-0.05, 0) is 29.5 Å². The van der Waals surface area contributed by atoms with Crippen LogP contribution in [0.4, 0.5) is 0 Å². The smallest absolute Gasteiger partial charge is 0.252 e. The highest BCUT2D eigenvalue weighted by molar-refractivity contribution is 7.84. The van der Waals surface area contributed by atoms with Gasteiger partial charge < -0.3 is 10.3 Å². The number of allylic oxidation sites excluding steroid dienone is 1. The summed E-state index contributed by atoms with van der Waals surface area (Å²) in [6.07, 6.45) is 6.06. The first kappa shape index (κ1) is 15.9. The van der Waals surface area contributed by atoms with Crippen LogP contribution in [0.5, 0.6) is 0 Å². The summed E-state index contributed by atoms with van der Waals surface area (Å²) in [4.78, 5) is 16.7. The highest BCUT2D eigenvalue weighted by Gasteiger charge is 2.26. The Kier molecular flexibility index (Phi) is 4.66. The van der Waals surface area contributed by atoms with Crippen LogP contribution in [0.25, 0.3) is 17.3 Å². The van der Waals surface area contributed by atoms with Gasteiger partial charge in [0.25, 0.3) is 5.91 Å². The number of amides is 1. The summed E-state index contributed by atoms with van der Waals surface area (Å²) in [6.45, 7) is 0.710. The normalized spacial score (nSPS) is 13.1. The minimum atomic E-state index is -0.534. The monoisotopic (exact) mass is 341 g/mol. The van der Waals surface area contributed by atoms with Gasteiger partial charge in [-0.2, -0.15) is 0 Å². The fourth-order valence-electron chi connectivity index (χ4n) is 2.46. The van der Waals surface area contributed by atoms with E-state index in [-0.39, 0.29) is 12.4 Å². The van der Waals surface area contributed by atoms with Crippen molar-refractivity contribution in [1.82, 2.24) is 9.55 Å². The Morgan fingerprint density at radius 1 is 1.48 bits per heavy atom. The second-order valence-corrected chi connectivity index (χ2v) is 5.52. The number of thiol groups is 1. The van der Waals surface area contributed by atoms with Crippen LogP contribution in [0.1, 0.15) is 22.5 Å². The van der Waals surface area contributed by atoms with Gasteiger partial charge in [-0.1, -0.05) is 11.6 Å². The molecule has 0 aliphatic carbocycles. The van der Waals surface area contributed by atoms with Crippen molar-refractivity contribution in [3.05, 3.63) is 45.7 Å². The first-order valence-corrected chi connectivity index (χ1v) is 6.94. The number of halogens is 2. The Morgan fingerprint density at radius 2 is 2.24 bits per heavy atom. The van der Waals surface area contributed by atoms with E-state index < -0.39 is 5.91 Å². The predicted octanol–water partition coefficient (Wildman–Crippen LogP) is 3.40. The third-order valence-corrected chi connectivity index (χ3v) is 4.04. The molecule has 0 radical (unpaired) electrons. The molecule has 0 spiro atoms. The minimum absolute atomic E-state index is 0. The van der Waals surface area contributed by atoms with Crippen LogP contribution in [0.3, 0.4) is 0 Å². The van der Waals surface area contributed by atoms with Gasteiger partial charge in [0, 0.05) is 24.5 Å². The SMILES string of the molecule is Cl.NC(=O)c1c(Cl)c(-c2cccnc2)n2c1C=C(S)CC2. The van der Waals surface area contributed by atoms with E-state index >= 15 is 0 Å². The number of hydrogen-bond donors (Lipinski definition) is 2. The minimum Gasteiger partial charge on any atom is -0.365 e. The summed E-state index contributed by atoms with van der Waals surface area (Å²) in [5.41, 5.74) is 8.17. The number of nitrogens with zero attached hydrogens (tertiary/aromatic N) is 2. The summed E-state index contributed by atoms with van der Waals surface area (Å²) in [5, 5.41) is 0.375. The average Bonchev–Trinajstić information content (AvgIpc) is 2.71. The van der Waals surface area contributed by atoms with Crippen LogP contribution in [0.15, 0.2) is 29.4 Å². The molecule has 0 saturated heterocycles. The van der Waals surface area contributed by atoms with E-state index in [4.69, 9.17) is 17.3 Å². The zero-order chi connectivity index (χ0) is 14.3. The Bertz CT molecular complexity index is 726. The maximum Gasteiger partial charge on any atom is 0.252 e. The predicted molar refractivity (Wildman–Crippen MR) is 90.0 cm³/mol. The second-order valence-electron chi connectivity index (χ2n) is 4.57. The van der Waals surface area contributed by atoms with Crippen molar-refractivity contribution in [3.63, 3.8) is 0 Å². The maximum atomic E-state index is 11.7. The Hall–Kier alpha value is -1.43. The number of carbonyl (C=O) groups is 1. The maximum absolute atomic E-state index is 11.7. The van der Waals surface area contributed by atoms with Crippen molar-refractivity contribution in [1.29, 1.82) is 0 Å². The molecule has 2 aromatic heterocycles. The third-order valence-electron chi connectivity index (χ3n) is 3.32. The molecule has 1 aliphatic rings. The Morgan fingerprint density at radius 3 is 2.86 bits per heavy atom.